The van der Waals surface area contributed by atoms with E-state index in [0.717, 1.165) is 11.1 Å². The van der Waals surface area contributed by atoms with Crippen molar-refractivity contribution in [1.82, 2.24) is 0 Å². The molecule has 0 fully saturated rings. The van der Waals surface area contributed by atoms with Gasteiger partial charge < -0.3 is 9.84 Å². The lowest BCUT2D eigenvalue weighted by Crippen LogP contribution is -2.05. The highest BCUT2D eigenvalue weighted by atomic mass is 16.5. The lowest BCUT2D eigenvalue weighted by atomic mass is 10.0. The van der Waals surface area contributed by atoms with Gasteiger partial charge in [-0.25, -0.2) is 0 Å². The molecule has 1 N–H and O–H groups in total. The van der Waals surface area contributed by atoms with Gasteiger partial charge in [-0.05, 0) is 37.0 Å². The zero-order chi connectivity index (χ0) is 12.7. The Labute approximate surface area is 102 Å². The van der Waals surface area contributed by atoms with E-state index in [1.165, 1.54) is 0 Å². The number of esters is 1. The molecule has 1 rings (SSSR count). The van der Waals surface area contributed by atoms with Gasteiger partial charge in [-0.2, -0.15) is 0 Å². The fraction of sp³-hybridized carbons (Fsp3) is 0.357. The summed E-state index contributed by atoms with van der Waals surface area (Å²) in [5.74, 6) is 0.0793. The highest BCUT2D eigenvalue weighted by molar-refractivity contribution is 5.69. The number of aryl methyl sites for hydroxylation is 1. The minimum atomic E-state index is -0.189. The lowest BCUT2D eigenvalue weighted by Gasteiger charge is -2.06. The predicted octanol–water partition coefficient (Wildman–Crippen LogP) is 2.62. The largest absolute Gasteiger partial charge is 0.508 e. The highest BCUT2D eigenvalue weighted by Crippen LogP contribution is 2.20. The normalized spacial score (nSPS) is 9.94. The Bertz CT molecular complexity index is 396. The number of benzene rings is 1. The molecule has 0 aromatic heterocycles. The molecule has 0 heterocycles. The molecule has 0 radical (unpaired) electrons. The number of carbonyl (C=O) groups is 1. The van der Waals surface area contributed by atoms with E-state index in [1.54, 1.807) is 19.1 Å². The average Bonchev–Trinajstić information content (AvgIpc) is 2.31. The number of phenolic OH excluding ortho intramolecular Hbond substituents is 1. The van der Waals surface area contributed by atoms with Gasteiger partial charge in [-0.15, -0.1) is 6.58 Å². The Morgan fingerprint density at radius 1 is 1.53 bits per heavy atom. The molecule has 0 unspecified atom stereocenters. The number of rotatable bonds is 6. The first-order valence-electron chi connectivity index (χ1n) is 5.74. The summed E-state index contributed by atoms with van der Waals surface area (Å²) >= 11 is 0. The van der Waals surface area contributed by atoms with Gasteiger partial charge in [0.05, 0.1) is 6.61 Å². The number of allylic oxidation sites excluding steroid dienone is 1. The fourth-order valence-electron chi connectivity index (χ4n) is 1.59. The number of hydrogen-bond donors (Lipinski definition) is 1. The van der Waals surface area contributed by atoms with Gasteiger partial charge in [-0.1, -0.05) is 18.2 Å². The third-order valence-corrected chi connectivity index (χ3v) is 2.43. The van der Waals surface area contributed by atoms with Crippen molar-refractivity contribution >= 4 is 5.97 Å². The first kappa shape index (κ1) is 13.3. The van der Waals surface area contributed by atoms with E-state index in [0.29, 0.717) is 25.9 Å². The quantitative estimate of drug-likeness (QED) is 0.608. The number of ether oxygens (including phenoxy) is 1. The summed E-state index contributed by atoms with van der Waals surface area (Å²) in [6, 6.07) is 5.37. The van der Waals surface area contributed by atoms with Gasteiger partial charge in [0.2, 0.25) is 0 Å². The van der Waals surface area contributed by atoms with Gasteiger partial charge in [0, 0.05) is 6.42 Å². The summed E-state index contributed by atoms with van der Waals surface area (Å²) in [5, 5.41) is 9.59. The van der Waals surface area contributed by atoms with Crippen LogP contribution in [0.1, 0.15) is 24.5 Å². The van der Waals surface area contributed by atoms with Crippen LogP contribution in [0, 0.1) is 0 Å². The van der Waals surface area contributed by atoms with Crippen molar-refractivity contribution in [1.29, 1.82) is 0 Å². The van der Waals surface area contributed by atoms with Crippen molar-refractivity contribution < 1.29 is 14.6 Å². The van der Waals surface area contributed by atoms with Gasteiger partial charge >= 0.3 is 5.97 Å². The molecular weight excluding hydrogens is 216 g/mol. The Balaban J connectivity index is 2.62. The van der Waals surface area contributed by atoms with Gasteiger partial charge in [-0.3, -0.25) is 4.79 Å². The van der Waals surface area contributed by atoms with Crippen molar-refractivity contribution in [2.75, 3.05) is 6.61 Å². The van der Waals surface area contributed by atoms with Crippen LogP contribution < -0.4 is 0 Å². The van der Waals surface area contributed by atoms with Gasteiger partial charge in [0.25, 0.3) is 0 Å². The van der Waals surface area contributed by atoms with Crippen LogP contribution in [0.5, 0.6) is 5.75 Å². The molecule has 92 valence electrons. The number of hydrogen-bond acceptors (Lipinski definition) is 3. The molecule has 17 heavy (non-hydrogen) atoms. The van der Waals surface area contributed by atoms with E-state index in [-0.39, 0.29) is 11.7 Å². The number of phenols is 1. The van der Waals surface area contributed by atoms with E-state index in [9.17, 15) is 9.90 Å². The van der Waals surface area contributed by atoms with E-state index in [4.69, 9.17) is 4.74 Å². The molecule has 0 aliphatic carbocycles. The van der Waals surface area contributed by atoms with Crippen molar-refractivity contribution in [3.05, 3.63) is 42.0 Å². The number of aromatic hydroxyl groups is 1. The van der Waals surface area contributed by atoms with Crippen LogP contribution in [0.25, 0.3) is 0 Å². The van der Waals surface area contributed by atoms with Gasteiger partial charge in [0.1, 0.15) is 5.75 Å². The standard InChI is InChI=1S/C14H18O3/c1-3-5-12-10-11(6-8-13(12)15)7-9-14(16)17-4-2/h3,6,8,10,15H,1,4-5,7,9H2,2H3. The second kappa shape index (κ2) is 6.74. The monoisotopic (exact) mass is 234 g/mol. The molecule has 3 heteroatoms. The van der Waals surface area contributed by atoms with Crippen molar-refractivity contribution in [3.8, 4) is 5.75 Å². The number of carbonyl (C=O) groups excluding carboxylic acids is 1. The van der Waals surface area contributed by atoms with Gasteiger partial charge in [0.15, 0.2) is 0 Å². The van der Waals surface area contributed by atoms with E-state index < -0.39 is 0 Å². The Morgan fingerprint density at radius 2 is 2.29 bits per heavy atom. The molecule has 0 aliphatic rings. The predicted molar refractivity (Wildman–Crippen MR) is 67.0 cm³/mol. The first-order valence-corrected chi connectivity index (χ1v) is 5.74. The van der Waals surface area contributed by atoms with E-state index >= 15 is 0 Å². The molecule has 0 bridgehead atoms. The molecule has 0 amide bonds. The Kier molecular flexibility index (Phi) is 5.27. The smallest absolute Gasteiger partial charge is 0.306 e. The van der Waals surface area contributed by atoms with Crippen LogP contribution in [0.3, 0.4) is 0 Å². The van der Waals surface area contributed by atoms with Crippen LogP contribution in [0.4, 0.5) is 0 Å². The highest BCUT2D eigenvalue weighted by Gasteiger charge is 2.05. The molecule has 0 saturated heterocycles. The molecule has 0 atom stereocenters. The third-order valence-electron chi connectivity index (χ3n) is 2.43. The molecule has 1 aromatic rings. The van der Waals surface area contributed by atoms with Crippen LogP contribution in [0.15, 0.2) is 30.9 Å². The summed E-state index contributed by atoms with van der Waals surface area (Å²) < 4.78 is 4.86. The van der Waals surface area contributed by atoms with Crippen LogP contribution in [-0.2, 0) is 22.4 Å². The Morgan fingerprint density at radius 3 is 2.94 bits per heavy atom. The summed E-state index contributed by atoms with van der Waals surface area (Å²) in [4.78, 5) is 11.2. The molecule has 0 aliphatic heterocycles. The molecule has 0 saturated carbocycles. The minimum absolute atomic E-state index is 0.189. The average molecular weight is 234 g/mol. The molecule has 0 spiro atoms. The van der Waals surface area contributed by atoms with Crippen LogP contribution in [-0.4, -0.2) is 17.7 Å². The lowest BCUT2D eigenvalue weighted by molar-refractivity contribution is -0.143. The van der Waals surface area contributed by atoms with Crippen molar-refractivity contribution in [2.45, 2.75) is 26.2 Å². The second-order valence-corrected chi connectivity index (χ2v) is 3.76. The Hall–Kier alpha value is -1.77. The summed E-state index contributed by atoms with van der Waals surface area (Å²) in [5.41, 5.74) is 1.86. The fourth-order valence-corrected chi connectivity index (χ4v) is 1.59. The van der Waals surface area contributed by atoms with E-state index in [2.05, 4.69) is 6.58 Å². The second-order valence-electron chi connectivity index (χ2n) is 3.76. The first-order chi connectivity index (χ1) is 8.17. The minimum Gasteiger partial charge on any atom is -0.508 e. The molecular formula is C14H18O3. The summed E-state index contributed by atoms with van der Waals surface area (Å²) in [6.45, 7) is 5.85. The third kappa shape index (κ3) is 4.31. The molecule has 3 nitrogen and oxygen atoms in total. The zero-order valence-electron chi connectivity index (χ0n) is 10.1. The summed E-state index contributed by atoms with van der Waals surface area (Å²) in [7, 11) is 0. The molecule has 1 aromatic carbocycles. The van der Waals surface area contributed by atoms with Crippen LogP contribution in [0.2, 0.25) is 0 Å². The SMILES string of the molecule is C=CCc1cc(CCC(=O)OCC)ccc1O. The van der Waals surface area contributed by atoms with E-state index in [1.807, 2.05) is 12.1 Å². The van der Waals surface area contributed by atoms with Crippen molar-refractivity contribution in [3.63, 3.8) is 0 Å². The van der Waals surface area contributed by atoms with Crippen LogP contribution >= 0.6 is 0 Å². The topological polar surface area (TPSA) is 46.5 Å². The summed E-state index contributed by atoms with van der Waals surface area (Å²) in [6.07, 6.45) is 3.36. The maximum Gasteiger partial charge on any atom is 0.306 e. The zero-order valence-corrected chi connectivity index (χ0v) is 10.1. The van der Waals surface area contributed by atoms with Crippen molar-refractivity contribution in [2.24, 2.45) is 0 Å². The maximum atomic E-state index is 11.2. The maximum absolute atomic E-state index is 11.2.